The zero-order valence-corrected chi connectivity index (χ0v) is 14.0. The minimum Gasteiger partial charge on any atom is -0.338 e. The van der Waals surface area contributed by atoms with Crippen LogP contribution in [-0.4, -0.2) is 38.5 Å². The maximum Gasteiger partial charge on any atom is 0.315 e. The van der Waals surface area contributed by atoms with E-state index < -0.39 is 9.84 Å². The normalized spacial score (nSPS) is 28.5. The van der Waals surface area contributed by atoms with E-state index in [-0.39, 0.29) is 17.3 Å². The predicted molar refractivity (Wildman–Crippen MR) is 84.0 cm³/mol. The number of carbonyl (C=O) groups excluding carboxylic acids is 1. The Labute approximate surface area is 128 Å². The van der Waals surface area contributed by atoms with E-state index >= 15 is 0 Å². The Morgan fingerprint density at radius 1 is 1.24 bits per heavy atom. The van der Waals surface area contributed by atoms with Crippen LogP contribution in [0, 0.1) is 5.41 Å². The quantitative estimate of drug-likeness (QED) is 0.816. The minimum atomic E-state index is -3.00. The van der Waals surface area contributed by atoms with Crippen molar-refractivity contribution in [3.05, 3.63) is 0 Å². The predicted octanol–water partition coefficient (Wildman–Crippen LogP) is 2.22. The molecule has 0 aromatic heterocycles. The molecule has 0 bridgehead atoms. The van der Waals surface area contributed by atoms with Crippen molar-refractivity contribution in [2.75, 3.05) is 12.8 Å². The van der Waals surface area contributed by atoms with Gasteiger partial charge in [-0.1, -0.05) is 19.8 Å². The van der Waals surface area contributed by atoms with Gasteiger partial charge in [0.05, 0.1) is 5.25 Å². The molecule has 0 aromatic carbocycles. The van der Waals surface area contributed by atoms with Gasteiger partial charge in [0.25, 0.3) is 0 Å². The summed E-state index contributed by atoms with van der Waals surface area (Å²) in [6.07, 6.45) is 9.06. The first kappa shape index (κ1) is 16.6. The second kappa shape index (κ2) is 6.55. The average Bonchev–Trinajstić information content (AvgIpc) is 2.37. The van der Waals surface area contributed by atoms with E-state index in [0.717, 1.165) is 32.2 Å². The molecule has 0 radical (unpaired) electrons. The van der Waals surface area contributed by atoms with Crippen molar-refractivity contribution in [1.82, 2.24) is 10.6 Å². The smallest absolute Gasteiger partial charge is 0.315 e. The summed E-state index contributed by atoms with van der Waals surface area (Å²) in [7, 11) is -3.00. The lowest BCUT2D eigenvalue weighted by atomic mass is 9.67. The highest BCUT2D eigenvalue weighted by molar-refractivity contribution is 7.91. The van der Waals surface area contributed by atoms with Crippen LogP contribution in [0.15, 0.2) is 0 Å². The van der Waals surface area contributed by atoms with Crippen LogP contribution in [0.4, 0.5) is 4.79 Å². The number of hydrogen-bond acceptors (Lipinski definition) is 3. The topological polar surface area (TPSA) is 75.3 Å². The van der Waals surface area contributed by atoms with Crippen molar-refractivity contribution in [1.29, 1.82) is 0 Å². The molecule has 0 heterocycles. The Kier molecular flexibility index (Phi) is 5.17. The van der Waals surface area contributed by atoms with Crippen molar-refractivity contribution in [2.45, 2.75) is 69.6 Å². The number of sulfone groups is 1. The maximum absolute atomic E-state index is 12.0. The lowest BCUT2D eigenvalue weighted by Crippen LogP contribution is -2.49. The van der Waals surface area contributed by atoms with Crippen molar-refractivity contribution in [3.8, 4) is 0 Å². The van der Waals surface area contributed by atoms with E-state index in [0.29, 0.717) is 11.8 Å². The van der Waals surface area contributed by atoms with Gasteiger partial charge >= 0.3 is 6.03 Å². The van der Waals surface area contributed by atoms with Crippen LogP contribution in [0.2, 0.25) is 0 Å². The summed E-state index contributed by atoms with van der Waals surface area (Å²) in [4.78, 5) is 12.0. The SMILES string of the molecule is CCC1(CNC(=O)N[C@H]2CCC[C@H](S(C)(=O)=O)C2)CCC1. The summed E-state index contributed by atoms with van der Waals surface area (Å²) in [6.45, 7) is 2.91. The molecule has 5 nitrogen and oxygen atoms in total. The zero-order chi connectivity index (χ0) is 15.5. The zero-order valence-electron chi connectivity index (χ0n) is 13.2. The van der Waals surface area contributed by atoms with Crippen molar-refractivity contribution in [2.24, 2.45) is 5.41 Å². The fraction of sp³-hybridized carbons (Fsp3) is 0.933. The number of hydrogen-bond donors (Lipinski definition) is 2. The van der Waals surface area contributed by atoms with Crippen LogP contribution in [0.1, 0.15) is 58.3 Å². The van der Waals surface area contributed by atoms with Gasteiger partial charge in [-0.2, -0.15) is 0 Å². The summed E-state index contributed by atoms with van der Waals surface area (Å²) < 4.78 is 23.3. The molecule has 2 N–H and O–H groups in total. The fourth-order valence-electron chi connectivity index (χ4n) is 3.50. The molecule has 6 heteroatoms. The molecule has 0 saturated heterocycles. The molecule has 2 aliphatic rings. The molecule has 2 fully saturated rings. The molecule has 2 atom stereocenters. The van der Waals surface area contributed by atoms with Crippen molar-refractivity contribution < 1.29 is 13.2 Å². The summed E-state index contributed by atoms with van der Waals surface area (Å²) in [5, 5.41) is 5.63. The first-order chi connectivity index (χ1) is 9.85. The summed E-state index contributed by atoms with van der Waals surface area (Å²) in [5.41, 5.74) is 0.305. The van der Waals surface area contributed by atoms with Gasteiger partial charge in [0.15, 0.2) is 0 Å². The Hall–Kier alpha value is -0.780. The first-order valence-electron chi connectivity index (χ1n) is 8.08. The second-order valence-corrected chi connectivity index (χ2v) is 9.17. The number of amides is 2. The maximum atomic E-state index is 12.0. The van der Waals surface area contributed by atoms with Gasteiger partial charge in [-0.3, -0.25) is 0 Å². The standard InChI is InChI=1S/C15H28N2O3S/c1-3-15(8-5-9-15)11-16-14(18)17-12-6-4-7-13(10-12)21(2,19)20/h12-13H,3-11H2,1-2H3,(H2,16,17,18)/t12-,13-/m0/s1. The van der Waals surface area contributed by atoms with Gasteiger partial charge in [-0.25, -0.2) is 13.2 Å². The first-order valence-corrected chi connectivity index (χ1v) is 10.0. The molecule has 2 aliphatic carbocycles. The molecular weight excluding hydrogens is 288 g/mol. The monoisotopic (exact) mass is 316 g/mol. The van der Waals surface area contributed by atoms with Crippen LogP contribution in [0.5, 0.6) is 0 Å². The molecule has 0 aromatic rings. The van der Waals surface area contributed by atoms with Crippen LogP contribution in [-0.2, 0) is 9.84 Å². The van der Waals surface area contributed by atoms with Gasteiger partial charge in [0.2, 0.25) is 0 Å². The van der Waals surface area contributed by atoms with E-state index in [1.165, 1.54) is 25.5 Å². The third-order valence-corrected chi connectivity index (χ3v) is 6.99. The molecule has 122 valence electrons. The van der Waals surface area contributed by atoms with Crippen molar-refractivity contribution in [3.63, 3.8) is 0 Å². The number of rotatable bonds is 5. The molecule has 2 amide bonds. The van der Waals surface area contributed by atoms with Crippen LogP contribution in [0.3, 0.4) is 0 Å². The summed E-state index contributed by atoms with van der Waals surface area (Å²) in [6, 6.07) is -0.161. The lowest BCUT2D eigenvalue weighted by molar-refractivity contribution is 0.125. The Bertz CT molecular complexity index is 466. The van der Waals surface area contributed by atoms with Crippen LogP contribution < -0.4 is 10.6 Å². The van der Waals surface area contributed by atoms with Gasteiger partial charge in [-0.05, 0) is 43.9 Å². The number of nitrogens with one attached hydrogen (secondary N) is 2. The Morgan fingerprint density at radius 3 is 2.48 bits per heavy atom. The third-order valence-electron chi connectivity index (χ3n) is 5.35. The van der Waals surface area contributed by atoms with Crippen LogP contribution >= 0.6 is 0 Å². The minimum absolute atomic E-state index is 0.0163. The van der Waals surface area contributed by atoms with E-state index in [2.05, 4.69) is 17.6 Å². The Balaban J connectivity index is 1.77. The van der Waals surface area contributed by atoms with E-state index in [1.807, 2.05) is 0 Å². The lowest BCUT2D eigenvalue weighted by Gasteiger charge is -2.41. The largest absolute Gasteiger partial charge is 0.338 e. The highest BCUT2D eigenvalue weighted by atomic mass is 32.2. The molecule has 2 saturated carbocycles. The fourth-order valence-corrected chi connectivity index (χ4v) is 4.68. The summed E-state index contributed by atoms with van der Waals surface area (Å²) in [5.74, 6) is 0. The van der Waals surface area contributed by atoms with Gasteiger partial charge < -0.3 is 10.6 Å². The third kappa shape index (κ3) is 4.34. The molecule has 2 rings (SSSR count). The number of urea groups is 1. The van der Waals surface area contributed by atoms with Gasteiger partial charge in [-0.15, -0.1) is 0 Å². The molecule has 0 spiro atoms. The van der Waals surface area contributed by atoms with Crippen molar-refractivity contribution >= 4 is 15.9 Å². The highest BCUT2D eigenvalue weighted by Crippen LogP contribution is 2.43. The molecule has 0 aliphatic heterocycles. The van der Waals surface area contributed by atoms with Gasteiger partial charge in [0.1, 0.15) is 9.84 Å². The summed E-state index contributed by atoms with van der Waals surface area (Å²) >= 11 is 0. The van der Waals surface area contributed by atoms with E-state index in [9.17, 15) is 13.2 Å². The number of carbonyl (C=O) groups is 1. The van der Waals surface area contributed by atoms with E-state index in [1.54, 1.807) is 0 Å². The van der Waals surface area contributed by atoms with E-state index in [4.69, 9.17) is 0 Å². The average molecular weight is 316 g/mol. The Morgan fingerprint density at radius 2 is 1.95 bits per heavy atom. The highest BCUT2D eigenvalue weighted by Gasteiger charge is 2.35. The van der Waals surface area contributed by atoms with Gasteiger partial charge in [0, 0.05) is 18.8 Å². The molecular formula is C15H28N2O3S. The molecule has 0 unspecified atom stereocenters. The van der Waals surface area contributed by atoms with Crippen LogP contribution in [0.25, 0.3) is 0 Å². The molecule has 21 heavy (non-hydrogen) atoms. The second-order valence-electron chi connectivity index (χ2n) is 6.85.